The lowest BCUT2D eigenvalue weighted by atomic mass is 9.98. The van der Waals surface area contributed by atoms with Gasteiger partial charge in [-0.25, -0.2) is 0 Å². The molecule has 0 bridgehead atoms. The van der Waals surface area contributed by atoms with E-state index in [4.69, 9.17) is 0 Å². The predicted molar refractivity (Wildman–Crippen MR) is 91.3 cm³/mol. The first-order valence-corrected chi connectivity index (χ1v) is 7.84. The Morgan fingerprint density at radius 1 is 0.962 bits per heavy atom. The summed E-state index contributed by atoms with van der Waals surface area (Å²) in [4.78, 5) is 22.6. The van der Waals surface area contributed by atoms with E-state index in [2.05, 4.69) is 20.9 Å². The Morgan fingerprint density at radius 2 is 1.58 bits per heavy atom. The van der Waals surface area contributed by atoms with Gasteiger partial charge in [0.2, 0.25) is 5.91 Å². The van der Waals surface area contributed by atoms with E-state index in [-0.39, 0.29) is 24.2 Å². The number of halogens is 2. The molecule has 8 heteroatoms. The third kappa shape index (κ3) is 6.14. The number of nitrogens with one attached hydrogen (secondary N) is 3. The summed E-state index contributed by atoms with van der Waals surface area (Å²) < 4.78 is 28.9. The topological polar surface area (TPSA) is 79.5 Å². The summed E-state index contributed by atoms with van der Waals surface area (Å²) in [5.74, 6) is -0.745. The zero-order valence-corrected chi connectivity index (χ0v) is 14.0. The van der Waals surface area contributed by atoms with Crippen molar-refractivity contribution in [2.45, 2.75) is 19.6 Å². The molecule has 0 aliphatic rings. The Hall–Kier alpha value is -3.00. The van der Waals surface area contributed by atoms with E-state index in [1.807, 2.05) is 30.3 Å². The van der Waals surface area contributed by atoms with Gasteiger partial charge in [-0.3, -0.25) is 25.8 Å². The average Bonchev–Trinajstić information content (AvgIpc) is 2.62. The van der Waals surface area contributed by atoms with Crippen molar-refractivity contribution in [2.24, 2.45) is 0 Å². The second kappa shape index (κ2) is 9.47. The first kappa shape index (κ1) is 19.3. The smallest absolute Gasteiger partial charge is 0.387 e. The van der Waals surface area contributed by atoms with Crippen LogP contribution in [0.25, 0.3) is 0 Å². The summed E-state index contributed by atoms with van der Waals surface area (Å²) >= 11 is 0. The second-order valence-electron chi connectivity index (χ2n) is 5.40. The predicted octanol–water partition coefficient (Wildman–Crippen LogP) is 2.13. The van der Waals surface area contributed by atoms with Crippen molar-refractivity contribution in [3.8, 4) is 5.75 Å². The van der Waals surface area contributed by atoms with E-state index >= 15 is 0 Å². The summed E-state index contributed by atoms with van der Waals surface area (Å²) in [5, 5.41) is 3.08. The fraction of sp³-hybridized carbons (Fsp3) is 0.222. The van der Waals surface area contributed by atoms with Crippen molar-refractivity contribution in [2.75, 3.05) is 6.54 Å². The quantitative estimate of drug-likeness (QED) is 0.659. The van der Waals surface area contributed by atoms with Crippen LogP contribution < -0.4 is 20.9 Å². The van der Waals surface area contributed by atoms with Crippen LogP contribution in [0.3, 0.4) is 0 Å². The molecule has 1 atom stereocenters. The van der Waals surface area contributed by atoms with Gasteiger partial charge in [0.25, 0.3) is 5.91 Å². The molecule has 2 rings (SSSR count). The largest absolute Gasteiger partial charge is 0.435 e. The van der Waals surface area contributed by atoms with Crippen LogP contribution in [0, 0.1) is 0 Å². The molecule has 6 nitrogen and oxygen atoms in total. The van der Waals surface area contributed by atoms with Gasteiger partial charge in [-0.15, -0.1) is 0 Å². The maximum atomic E-state index is 12.3. The molecule has 2 aromatic rings. The Bertz CT molecular complexity index is 724. The maximum Gasteiger partial charge on any atom is 0.387 e. The third-order valence-corrected chi connectivity index (χ3v) is 3.42. The average molecular weight is 363 g/mol. The molecular formula is C18H19F2N3O3. The second-order valence-corrected chi connectivity index (χ2v) is 5.40. The minimum Gasteiger partial charge on any atom is -0.435 e. The maximum absolute atomic E-state index is 12.3. The van der Waals surface area contributed by atoms with Gasteiger partial charge in [-0.1, -0.05) is 42.5 Å². The lowest BCUT2D eigenvalue weighted by Gasteiger charge is -2.20. The monoisotopic (exact) mass is 363 g/mol. The molecule has 26 heavy (non-hydrogen) atoms. The lowest BCUT2D eigenvalue weighted by Crippen LogP contribution is -2.45. The van der Waals surface area contributed by atoms with Gasteiger partial charge in [0.15, 0.2) is 0 Å². The molecule has 0 aliphatic heterocycles. The number of benzene rings is 2. The Balaban J connectivity index is 2.11. The lowest BCUT2D eigenvalue weighted by molar-refractivity contribution is -0.127. The highest BCUT2D eigenvalue weighted by molar-refractivity contribution is 5.82. The van der Waals surface area contributed by atoms with E-state index in [9.17, 15) is 18.4 Å². The van der Waals surface area contributed by atoms with Crippen molar-refractivity contribution in [1.29, 1.82) is 0 Å². The minimum absolute atomic E-state index is 0.0546. The number of carbonyl (C=O) groups excluding carboxylic acids is 2. The zero-order chi connectivity index (χ0) is 18.9. The molecule has 2 amide bonds. The van der Waals surface area contributed by atoms with Crippen LogP contribution in [0.1, 0.15) is 24.1 Å². The summed E-state index contributed by atoms with van der Waals surface area (Å²) in [5.41, 5.74) is 6.13. The molecule has 3 N–H and O–H groups in total. The van der Waals surface area contributed by atoms with Gasteiger partial charge in [0, 0.05) is 6.92 Å². The van der Waals surface area contributed by atoms with Gasteiger partial charge >= 0.3 is 6.61 Å². The van der Waals surface area contributed by atoms with E-state index in [1.165, 1.54) is 19.1 Å². The van der Waals surface area contributed by atoms with E-state index in [0.717, 1.165) is 11.1 Å². The van der Waals surface area contributed by atoms with Gasteiger partial charge in [-0.05, 0) is 23.3 Å². The van der Waals surface area contributed by atoms with Crippen LogP contribution >= 0.6 is 0 Å². The van der Waals surface area contributed by atoms with Crippen molar-refractivity contribution in [3.05, 3.63) is 65.7 Å². The molecular weight excluding hydrogens is 344 g/mol. The van der Waals surface area contributed by atoms with Crippen LogP contribution in [-0.4, -0.2) is 25.0 Å². The molecule has 138 valence electrons. The zero-order valence-electron chi connectivity index (χ0n) is 14.0. The van der Waals surface area contributed by atoms with Crippen LogP contribution in [0.2, 0.25) is 0 Å². The number of carbonyl (C=O) groups is 2. The molecule has 0 spiro atoms. The van der Waals surface area contributed by atoms with Crippen molar-refractivity contribution in [1.82, 2.24) is 16.2 Å². The summed E-state index contributed by atoms with van der Waals surface area (Å²) in [6.07, 6.45) is 0. The molecule has 0 radical (unpaired) electrons. The molecule has 0 aromatic heterocycles. The van der Waals surface area contributed by atoms with Crippen LogP contribution in [0.15, 0.2) is 54.6 Å². The molecule has 0 heterocycles. The molecule has 0 aliphatic carbocycles. The fourth-order valence-electron chi connectivity index (χ4n) is 2.31. The van der Waals surface area contributed by atoms with E-state index < -0.39 is 12.5 Å². The number of hydrazine groups is 1. The summed E-state index contributed by atoms with van der Waals surface area (Å²) in [6, 6.07) is 15.2. The van der Waals surface area contributed by atoms with Gasteiger partial charge in [-0.2, -0.15) is 8.78 Å². The third-order valence-electron chi connectivity index (χ3n) is 3.42. The number of alkyl halides is 2. The highest BCUT2D eigenvalue weighted by Crippen LogP contribution is 2.24. The highest BCUT2D eigenvalue weighted by atomic mass is 19.3. The molecule has 2 aromatic carbocycles. The minimum atomic E-state index is -2.89. The molecule has 0 unspecified atom stereocenters. The SMILES string of the molecule is CC(=O)NNC(=O)CN[C@H](c1ccccc1)c1ccc(OC(F)F)cc1. The summed E-state index contributed by atoms with van der Waals surface area (Å²) in [6.45, 7) is -1.67. The van der Waals surface area contributed by atoms with Crippen molar-refractivity contribution < 1.29 is 23.1 Å². The number of ether oxygens (including phenoxy) is 1. The Labute approximate surface area is 149 Å². The van der Waals surface area contributed by atoms with Crippen molar-refractivity contribution in [3.63, 3.8) is 0 Å². The Kier molecular flexibility index (Phi) is 7.04. The van der Waals surface area contributed by atoms with Crippen LogP contribution in [-0.2, 0) is 9.59 Å². The van der Waals surface area contributed by atoms with Crippen LogP contribution in [0.5, 0.6) is 5.75 Å². The number of hydrogen-bond acceptors (Lipinski definition) is 4. The molecule has 0 saturated heterocycles. The number of rotatable bonds is 7. The van der Waals surface area contributed by atoms with Crippen molar-refractivity contribution >= 4 is 11.8 Å². The first-order chi connectivity index (χ1) is 12.5. The molecule has 0 saturated carbocycles. The normalized spacial score (nSPS) is 11.7. The Morgan fingerprint density at radius 3 is 2.15 bits per heavy atom. The summed E-state index contributed by atoms with van der Waals surface area (Å²) in [7, 11) is 0. The van der Waals surface area contributed by atoms with Gasteiger partial charge in [0.05, 0.1) is 12.6 Å². The van der Waals surface area contributed by atoms with E-state index in [1.54, 1.807) is 12.1 Å². The fourth-order valence-corrected chi connectivity index (χ4v) is 2.31. The van der Waals surface area contributed by atoms with Gasteiger partial charge < -0.3 is 4.74 Å². The molecule has 0 fully saturated rings. The van der Waals surface area contributed by atoms with E-state index in [0.29, 0.717) is 0 Å². The van der Waals surface area contributed by atoms with Gasteiger partial charge in [0.1, 0.15) is 5.75 Å². The number of hydrogen-bond donors (Lipinski definition) is 3. The van der Waals surface area contributed by atoms with Crippen LogP contribution in [0.4, 0.5) is 8.78 Å². The first-order valence-electron chi connectivity index (χ1n) is 7.84. The number of amides is 2. The standard InChI is InChI=1S/C18H19F2N3O3/c1-12(24)22-23-16(25)11-21-17(13-5-3-2-4-6-13)14-7-9-15(10-8-14)26-18(19)20/h2-10,17-18,21H,11H2,1H3,(H,22,24)(H,23,25)/t17-/m1/s1. The highest BCUT2D eigenvalue weighted by Gasteiger charge is 2.15.